The van der Waals surface area contributed by atoms with Crippen molar-refractivity contribution in [3.05, 3.63) is 40.1 Å². The molecule has 2 aromatic rings. The first-order valence-corrected chi connectivity index (χ1v) is 11.4. The van der Waals surface area contributed by atoms with Gasteiger partial charge in [0.25, 0.3) is 0 Å². The van der Waals surface area contributed by atoms with Gasteiger partial charge in [0.2, 0.25) is 5.91 Å². The Balaban J connectivity index is 1.40. The van der Waals surface area contributed by atoms with Crippen LogP contribution in [0, 0.1) is 0 Å². The molecule has 0 saturated heterocycles. The zero-order chi connectivity index (χ0) is 21.8. The van der Waals surface area contributed by atoms with Gasteiger partial charge in [0.1, 0.15) is 12.4 Å². The number of nitrogens with zero attached hydrogens (tertiary/aromatic N) is 3. The van der Waals surface area contributed by atoms with Gasteiger partial charge in [0.05, 0.1) is 19.3 Å². The number of nitrogens with one attached hydrogen (secondary N) is 1. The highest BCUT2D eigenvalue weighted by atomic mass is 16.5. The largest absolute Gasteiger partial charge is 0.493 e. The summed E-state index contributed by atoms with van der Waals surface area (Å²) in [5, 5.41) is 7.35. The summed E-state index contributed by atoms with van der Waals surface area (Å²) in [5.74, 6) is 1.95. The van der Waals surface area contributed by atoms with E-state index in [1.807, 2.05) is 25.1 Å². The van der Waals surface area contributed by atoms with Gasteiger partial charge in [-0.15, -0.1) is 0 Å². The van der Waals surface area contributed by atoms with Crippen LogP contribution in [0.1, 0.15) is 69.3 Å². The molecule has 0 spiro atoms. The second-order valence-electron chi connectivity index (χ2n) is 8.54. The maximum absolute atomic E-state index is 12.6. The van der Waals surface area contributed by atoms with Gasteiger partial charge in [-0.05, 0) is 63.1 Å². The number of aryl methyl sites for hydroxylation is 1. The molecule has 1 N–H and O–H groups in total. The highest BCUT2D eigenvalue weighted by molar-refractivity contribution is 5.76. The van der Waals surface area contributed by atoms with Crippen LogP contribution >= 0.6 is 0 Å². The Hall–Kier alpha value is -2.77. The second kappa shape index (κ2) is 9.58. The van der Waals surface area contributed by atoms with E-state index in [-0.39, 0.29) is 30.3 Å². The molecule has 31 heavy (non-hydrogen) atoms. The second-order valence-corrected chi connectivity index (χ2v) is 8.54. The molecule has 4 rings (SSSR count). The van der Waals surface area contributed by atoms with Crippen molar-refractivity contribution in [3.63, 3.8) is 0 Å². The molecule has 8 heteroatoms. The molecule has 1 aromatic heterocycles. The number of carbonyl (C=O) groups is 1. The standard InChI is InChI=1S/C23H32N4O4/c1-16(17-11-12-19(20(14-17)30-2)31-18-8-5-6-9-18)24-22(28)15-27-23(29)26-13-7-3-4-10-21(26)25-27/h11-12,14,16,18H,3-10,13,15H2,1-2H3,(H,24,28). The fourth-order valence-corrected chi connectivity index (χ4v) is 4.47. The van der Waals surface area contributed by atoms with Crippen molar-refractivity contribution in [1.82, 2.24) is 19.7 Å². The summed E-state index contributed by atoms with van der Waals surface area (Å²) in [6.07, 6.45) is 8.71. The molecule has 1 unspecified atom stereocenters. The number of hydrogen-bond acceptors (Lipinski definition) is 5. The van der Waals surface area contributed by atoms with Crippen LogP contribution in [0.4, 0.5) is 0 Å². The predicted molar refractivity (Wildman–Crippen MR) is 116 cm³/mol. The van der Waals surface area contributed by atoms with Crippen LogP contribution in [0.2, 0.25) is 0 Å². The lowest BCUT2D eigenvalue weighted by Crippen LogP contribution is -2.35. The summed E-state index contributed by atoms with van der Waals surface area (Å²) in [7, 11) is 1.62. The van der Waals surface area contributed by atoms with Gasteiger partial charge in [-0.25, -0.2) is 9.48 Å². The molecule has 2 aliphatic rings. The molecule has 1 fully saturated rings. The quantitative estimate of drug-likeness (QED) is 0.733. The number of amides is 1. The van der Waals surface area contributed by atoms with Crippen molar-refractivity contribution in [2.45, 2.75) is 83.5 Å². The Kier molecular flexibility index (Phi) is 6.63. The summed E-state index contributed by atoms with van der Waals surface area (Å²) in [6, 6.07) is 5.52. The van der Waals surface area contributed by atoms with E-state index in [0.29, 0.717) is 12.3 Å². The minimum atomic E-state index is -0.242. The summed E-state index contributed by atoms with van der Waals surface area (Å²) < 4.78 is 14.6. The molecule has 1 atom stereocenters. The number of carbonyl (C=O) groups excluding carboxylic acids is 1. The first kappa shape index (κ1) is 21.5. The Morgan fingerprint density at radius 1 is 1.19 bits per heavy atom. The van der Waals surface area contributed by atoms with Crippen molar-refractivity contribution in [2.24, 2.45) is 0 Å². The van der Waals surface area contributed by atoms with E-state index in [9.17, 15) is 9.59 Å². The Labute approximate surface area is 182 Å². The smallest absolute Gasteiger partial charge is 0.346 e. The van der Waals surface area contributed by atoms with Gasteiger partial charge in [0.15, 0.2) is 11.5 Å². The predicted octanol–water partition coefficient (Wildman–Crippen LogP) is 2.98. The molecule has 1 aliphatic carbocycles. The van der Waals surface area contributed by atoms with Crippen molar-refractivity contribution < 1.29 is 14.3 Å². The van der Waals surface area contributed by atoms with Crippen LogP contribution in [0.5, 0.6) is 11.5 Å². The van der Waals surface area contributed by atoms with Gasteiger partial charge in [-0.3, -0.25) is 9.36 Å². The average molecular weight is 429 g/mol. The normalized spacial score (nSPS) is 17.6. The van der Waals surface area contributed by atoms with Crippen LogP contribution in [0.25, 0.3) is 0 Å². The van der Waals surface area contributed by atoms with Gasteiger partial charge in [-0.2, -0.15) is 5.10 Å². The third-order valence-corrected chi connectivity index (χ3v) is 6.24. The third kappa shape index (κ3) is 4.94. The van der Waals surface area contributed by atoms with Crippen LogP contribution in [-0.4, -0.2) is 33.5 Å². The molecule has 1 aromatic carbocycles. The molecule has 1 amide bonds. The number of benzene rings is 1. The highest BCUT2D eigenvalue weighted by Crippen LogP contribution is 2.33. The Morgan fingerprint density at radius 3 is 2.77 bits per heavy atom. The number of fused-ring (bicyclic) bond motifs is 1. The molecule has 8 nitrogen and oxygen atoms in total. The topological polar surface area (TPSA) is 87.4 Å². The summed E-state index contributed by atoms with van der Waals surface area (Å²) in [6.45, 7) is 2.51. The highest BCUT2D eigenvalue weighted by Gasteiger charge is 2.21. The molecule has 0 radical (unpaired) electrons. The lowest BCUT2D eigenvalue weighted by molar-refractivity contribution is -0.122. The van der Waals surface area contributed by atoms with Gasteiger partial charge >= 0.3 is 5.69 Å². The fourth-order valence-electron chi connectivity index (χ4n) is 4.47. The van der Waals surface area contributed by atoms with Crippen molar-refractivity contribution in [1.29, 1.82) is 0 Å². The fraction of sp³-hybridized carbons (Fsp3) is 0.609. The summed E-state index contributed by atoms with van der Waals surface area (Å²) in [5.41, 5.74) is 0.715. The monoisotopic (exact) mass is 428 g/mol. The number of rotatable bonds is 7. The minimum Gasteiger partial charge on any atom is -0.493 e. The maximum atomic E-state index is 12.6. The zero-order valence-electron chi connectivity index (χ0n) is 18.4. The van der Waals surface area contributed by atoms with Crippen molar-refractivity contribution in [2.75, 3.05) is 7.11 Å². The van der Waals surface area contributed by atoms with E-state index in [0.717, 1.165) is 55.7 Å². The Morgan fingerprint density at radius 2 is 2.00 bits per heavy atom. The SMILES string of the molecule is COc1cc(C(C)NC(=O)Cn2nc3n(c2=O)CCCCC3)ccc1OC1CCCC1. The van der Waals surface area contributed by atoms with Crippen LogP contribution < -0.4 is 20.5 Å². The number of hydrogen-bond donors (Lipinski definition) is 1. The van der Waals surface area contributed by atoms with Crippen LogP contribution in [-0.2, 0) is 24.3 Å². The average Bonchev–Trinajstić information content (AvgIpc) is 3.29. The number of aromatic nitrogens is 3. The summed E-state index contributed by atoms with van der Waals surface area (Å²) in [4.78, 5) is 25.2. The Bertz CT molecular complexity index is 974. The molecular weight excluding hydrogens is 396 g/mol. The third-order valence-electron chi connectivity index (χ3n) is 6.24. The van der Waals surface area contributed by atoms with Gasteiger partial charge in [-0.1, -0.05) is 12.5 Å². The van der Waals surface area contributed by atoms with Gasteiger partial charge < -0.3 is 14.8 Å². The van der Waals surface area contributed by atoms with E-state index in [1.165, 1.54) is 17.5 Å². The zero-order valence-corrected chi connectivity index (χ0v) is 18.4. The molecule has 0 bridgehead atoms. The lowest BCUT2D eigenvalue weighted by atomic mass is 10.1. The number of ether oxygens (including phenoxy) is 2. The van der Waals surface area contributed by atoms with Crippen molar-refractivity contribution in [3.8, 4) is 11.5 Å². The van der Waals surface area contributed by atoms with Crippen LogP contribution in [0.3, 0.4) is 0 Å². The molecular formula is C23H32N4O4. The van der Waals surface area contributed by atoms with E-state index < -0.39 is 0 Å². The van der Waals surface area contributed by atoms with Crippen molar-refractivity contribution >= 4 is 5.91 Å². The minimum absolute atomic E-state index is 0.0802. The van der Waals surface area contributed by atoms with E-state index in [4.69, 9.17) is 9.47 Å². The number of methoxy groups -OCH3 is 1. The molecule has 2 heterocycles. The van der Waals surface area contributed by atoms with Crippen LogP contribution in [0.15, 0.2) is 23.0 Å². The van der Waals surface area contributed by atoms with E-state index >= 15 is 0 Å². The van der Waals surface area contributed by atoms with E-state index in [2.05, 4.69) is 10.4 Å². The molecule has 168 valence electrons. The summed E-state index contributed by atoms with van der Waals surface area (Å²) >= 11 is 0. The lowest BCUT2D eigenvalue weighted by Gasteiger charge is -2.19. The maximum Gasteiger partial charge on any atom is 0.346 e. The molecule has 1 aliphatic heterocycles. The molecule has 1 saturated carbocycles. The first-order valence-electron chi connectivity index (χ1n) is 11.4. The van der Waals surface area contributed by atoms with E-state index in [1.54, 1.807) is 11.7 Å². The van der Waals surface area contributed by atoms with Gasteiger partial charge in [0, 0.05) is 13.0 Å². The first-order chi connectivity index (χ1) is 15.0.